The third-order valence-electron chi connectivity index (χ3n) is 2.98. The number of anilines is 1. The lowest BCUT2D eigenvalue weighted by atomic mass is 10.2. The van der Waals surface area contributed by atoms with Crippen molar-refractivity contribution in [3.05, 3.63) is 36.0 Å². The molecule has 0 aliphatic carbocycles. The smallest absolute Gasteiger partial charge is 0.267 e. The zero-order chi connectivity index (χ0) is 14.4. The van der Waals surface area contributed by atoms with Crippen molar-refractivity contribution in [3.8, 4) is 11.8 Å². The van der Waals surface area contributed by atoms with Crippen LogP contribution in [0.1, 0.15) is 0 Å². The molecule has 1 aliphatic rings. The van der Waals surface area contributed by atoms with Crippen LogP contribution in [0.2, 0.25) is 0 Å². The van der Waals surface area contributed by atoms with Gasteiger partial charge in [-0.2, -0.15) is 5.26 Å². The van der Waals surface area contributed by atoms with Crippen LogP contribution < -0.4 is 10.6 Å². The number of amides is 1. The van der Waals surface area contributed by atoms with Crippen LogP contribution in [-0.2, 0) is 4.79 Å². The molecular weight excluding hydrogens is 256 g/mol. The van der Waals surface area contributed by atoms with Crippen LogP contribution in [0.15, 0.2) is 36.0 Å². The fraction of sp³-hybridized carbons (Fsp3) is 0.286. The average Bonchev–Trinajstić information content (AvgIpc) is 2.48. The van der Waals surface area contributed by atoms with Crippen molar-refractivity contribution in [1.82, 2.24) is 10.2 Å². The highest BCUT2D eigenvalue weighted by Crippen LogP contribution is 2.22. The van der Waals surface area contributed by atoms with Gasteiger partial charge < -0.3 is 20.6 Å². The normalized spacial score (nSPS) is 15.6. The third-order valence-corrected chi connectivity index (χ3v) is 2.98. The highest BCUT2D eigenvalue weighted by Gasteiger charge is 2.14. The number of phenols is 1. The SMILES string of the molecule is N#C/C(=C/N1CCNCC1)C(=O)Nc1ccccc1O. The van der Waals surface area contributed by atoms with Gasteiger partial charge in [0, 0.05) is 32.4 Å². The summed E-state index contributed by atoms with van der Waals surface area (Å²) in [5.74, 6) is -0.548. The lowest BCUT2D eigenvalue weighted by Crippen LogP contribution is -2.41. The molecule has 0 bridgehead atoms. The molecule has 3 N–H and O–H groups in total. The monoisotopic (exact) mass is 272 g/mol. The Labute approximate surface area is 117 Å². The Balaban J connectivity index is 2.08. The van der Waals surface area contributed by atoms with Crippen LogP contribution >= 0.6 is 0 Å². The summed E-state index contributed by atoms with van der Waals surface area (Å²) in [5, 5.41) is 24.4. The minimum atomic E-state index is -0.521. The maximum atomic E-state index is 12.0. The van der Waals surface area contributed by atoms with Crippen molar-refractivity contribution in [1.29, 1.82) is 5.26 Å². The Morgan fingerprint density at radius 3 is 2.75 bits per heavy atom. The van der Waals surface area contributed by atoms with E-state index in [2.05, 4.69) is 10.6 Å². The molecule has 0 radical (unpaired) electrons. The number of aromatic hydroxyl groups is 1. The van der Waals surface area contributed by atoms with Gasteiger partial charge in [-0.1, -0.05) is 12.1 Å². The summed E-state index contributed by atoms with van der Waals surface area (Å²) in [5.41, 5.74) is 0.314. The number of piperazine rings is 1. The first kappa shape index (κ1) is 13.9. The molecule has 0 spiro atoms. The van der Waals surface area contributed by atoms with E-state index in [4.69, 9.17) is 5.26 Å². The van der Waals surface area contributed by atoms with E-state index in [-0.39, 0.29) is 11.3 Å². The van der Waals surface area contributed by atoms with Gasteiger partial charge in [-0.05, 0) is 12.1 Å². The van der Waals surface area contributed by atoms with E-state index in [1.165, 1.54) is 6.07 Å². The predicted octanol–water partition coefficient (Wildman–Crippen LogP) is 0.643. The molecule has 0 aromatic heterocycles. The van der Waals surface area contributed by atoms with Crippen molar-refractivity contribution in [2.24, 2.45) is 0 Å². The van der Waals surface area contributed by atoms with E-state index in [1.54, 1.807) is 24.4 Å². The molecule has 1 aliphatic heterocycles. The highest BCUT2D eigenvalue weighted by atomic mass is 16.3. The number of para-hydroxylation sites is 2. The second kappa shape index (κ2) is 6.59. The standard InChI is InChI=1S/C14H16N4O2/c15-9-11(10-18-7-5-16-6-8-18)14(20)17-12-3-1-2-4-13(12)19/h1-4,10,16,19H,5-8H2,(H,17,20)/b11-10-. The van der Waals surface area contributed by atoms with E-state index >= 15 is 0 Å². The summed E-state index contributed by atoms with van der Waals surface area (Å²) in [6.07, 6.45) is 1.57. The van der Waals surface area contributed by atoms with Gasteiger partial charge in [0.2, 0.25) is 0 Å². The molecule has 20 heavy (non-hydrogen) atoms. The number of nitriles is 1. The predicted molar refractivity (Wildman–Crippen MR) is 74.9 cm³/mol. The zero-order valence-corrected chi connectivity index (χ0v) is 11.0. The number of hydrogen-bond acceptors (Lipinski definition) is 5. The fourth-order valence-electron chi connectivity index (χ4n) is 1.90. The number of benzene rings is 1. The van der Waals surface area contributed by atoms with Crippen molar-refractivity contribution in [2.45, 2.75) is 0 Å². The molecule has 6 nitrogen and oxygen atoms in total. The Morgan fingerprint density at radius 2 is 2.10 bits per heavy atom. The van der Waals surface area contributed by atoms with Crippen molar-refractivity contribution in [2.75, 3.05) is 31.5 Å². The summed E-state index contributed by atoms with van der Waals surface area (Å²) >= 11 is 0. The summed E-state index contributed by atoms with van der Waals surface area (Å²) in [6.45, 7) is 3.18. The molecule has 0 unspecified atom stereocenters. The van der Waals surface area contributed by atoms with Gasteiger partial charge in [-0.3, -0.25) is 4.79 Å². The molecule has 2 rings (SSSR count). The van der Waals surface area contributed by atoms with E-state index in [0.29, 0.717) is 5.69 Å². The first-order chi connectivity index (χ1) is 9.70. The van der Waals surface area contributed by atoms with E-state index in [0.717, 1.165) is 26.2 Å². The summed E-state index contributed by atoms with van der Waals surface area (Å²) < 4.78 is 0. The Hall–Kier alpha value is -2.52. The molecule has 6 heteroatoms. The van der Waals surface area contributed by atoms with Gasteiger partial charge in [0.05, 0.1) is 5.69 Å². The lowest BCUT2D eigenvalue weighted by molar-refractivity contribution is -0.112. The minimum Gasteiger partial charge on any atom is -0.506 e. The van der Waals surface area contributed by atoms with Crippen LogP contribution in [0.4, 0.5) is 5.69 Å². The molecule has 1 amide bonds. The number of carbonyl (C=O) groups is 1. The van der Waals surface area contributed by atoms with Crippen LogP contribution in [0, 0.1) is 11.3 Å². The van der Waals surface area contributed by atoms with E-state index < -0.39 is 5.91 Å². The maximum absolute atomic E-state index is 12.0. The van der Waals surface area contributed by atoms with Crippen molar-refractivity contribution >= 4 is 11.6 Å². The van der Waals surface area contributed by atoms with Gasteiger partial charge in [-0.15, -0.1) is 0 Å². The second-order valence-corrected chi connectivity index (χ2v) is 4.41. The van der Waals surface area contributed by atoms with Gasteiger partial charge in [0.15, 0.2) is 0 Å². The Kier molecular flexibility index (Phi) is 4.58. The largest absolute Gasteiger partial charge is 0.506 e. The van der Waals surface area contributed by atoms with Gasteiger partial charge in [0.25, 0.3) is 5.91 Å². The number of phenolic OH excluding ortho intramolecular Hbond substituents is 1. The highest BCUT2D eigenvalue weighted by molar-refractivity contribution is 6.07. The molecule has 1 aromatic rings. The van der Waals surface area contributed by atoms with Crippen molar-refractivity contribution < 1.29 is 9.90 Å². The summed E-state index contributed by atoms with van der Waals surface area (Å²) in [7, 11) is 0. The molecule has 0 atom stereocenters. The lowest BCUT2D eigenvalue weighted by Gasteiger charge is -2.26. The molecule has 104 valence electrons. The summed E-state index contributed by atoms with van der Waals surface area (Å²) in [4.78, 5) is 13.9. The number of carbonyl (C=O) groups excluding carboxylic acids is 1. The number of nitrogens with zero attached hydrogens (tertiary/aromatic N) is 2. The zero-order valence-electron chi connectivity index (χ0n) is 11.0. The molecule has 1 fully saturated rings. The fourth-order valence-corrected chi connectivity index (χ4v) is 1.90. The minimum absolute atomic E-state index is 0.0233. The quantitative estimate of drug-likeness (QED) is 0.427. The van der Waals surface area contributed by atoms with E-state index in [9.17, 15) is 9.90 Å². The van der Waals surface area contributed by atoms with Crippen LogP contribution in [0.3, 0.4) is 0 Å². The number of hydrogen-bond donors (Lipinski definition) is 3. The first-order valence-corrected chi connectivity index (χ1v) is 6.37. The van der Waals surface area contributed by atoms with Crippen LogP contribution in [0.5, 0.6) is 5.75 Å². The summed E-state index contributed by atoms with van der Waals surface area (Å²) in [6, 6.07) is 8.30. The first-order valence-electron chi connectivity index (χ1n) is 6.37. The Morgan fingerprint density at radius 1 is 1.40 bits per heavy atom. The van der Waals surface area contributed by atoms with Crippen molar-refractivity contribution in [3.63, 3.8) is 0 Å². The molecule has 1 aromatic carbocycles. The third kappa shape index (κ3) is 3.49. The van der Waals surface area contributed by atoms with E-state index in [1.807, 2.05) is 11.0 Å². The maximum Gasteiger partial charge on any atom is 0.267 e. The molecular formula is C14H16N4O2. The molecule has 1 saturated heterocycles. The topological polar surface area (TPSA) is 88.4 Å². The second-order valence-electron chi connectivity index (χ2n) is 4.41. The molecule has 0 saturated carbocycles. The van der Waals surface area contributed by atoms with Crippen LogP contribution in [0.25, 0.3) is 0 Å². The average molecular weight is 272 g/mol. The van der Waals surface area contributed by atoms with Gasteiger partial charge in [0.1, 0.15) is 17.4 Å². The number of rotatable bonds is 3. The number of nitrogens with one attached hydrogen (secondary N) is 2. The van der Waals surface area contributed by atoms with Gasteiger partial charge >= 0.3 is 0 Å². The molecule has 1 heterocycles. The Bertz CT molecular complexity index is 557. The van der Waals surface area contributed by atoms with Gasteiger partial charge in [-0.25, -0.2) is 0 Å². The van der Waals surface area contributed by atoms with Crippen LogP contribution in [-0.4, -0.2) is 42.1 Å².